The van der Waals surface area contributed by atoms with Crippen molar-refractivity contribution in [2.75, 3.05) is 5.88 Å². The van der Waals surface area contributed by atoms with Crippen molar-refractivity contribution < 1.29 is 4.39 Å². The molecule has 0 N–H and O–H groups in total. The number of imidazole rings is 1. The third-order valence-corrected chi connectivity index (χ3v) is 4.17. The van der Waals surface area contributed by atoms with Crippen LogP contribution in [0.2, 0.25) is 10.0 Å². The van der Waals surface area contributed by atoms with Crippen LogP contribution in [0.15, 0.2) is 36.4 Å². The van der Waals surface area contributed by atoms with E-state index in [4.69, 9.17) is 34.8 Å². The van der Waals surface area contributed by atoms with Gasteiger partial charge < -0.3 is 0 Å². The van der Waals surface area contributed by atoms with Crippen LogP contribution in [-0.2, 0) is 6.42 Å². The van der Waals surface area contributed by atoms with E-state index in [1.807, 2.05) is 16.7 Å². The van der Waals surface area contributed by atoms with Gasteiger partial charge in [0.1, 0.15) is 11.6 Å². The molecular formula is C15H10Cl3FN2. The Balaban J connectivity index is 2.33. The van der Waals surface area contributed by atoms with Gasteiger partial charge in [0.25, 0.3) is 0 Å². The summed E-state index contributed by atoms with van der Waals surface area (Å²) >= 11 is 18.2. The number of hydrogen-bond acceptors (Lipinski definition) is 1. The number of nitrogens with zero attached hydrogens (tertiary/aromatic N) is 2. The summed E-state index contributed by atoms with van der Waals surface area (Å²) in [6, 6.07) is 9.82. The molecule has 1 heterocycles. The molecule has 3 rings (SSSR count). The highest BCUT2D eigenvalue weighted by Crippen LogP contribution is 2.32. The molecule has 0 aliphatic rings. The smallest absolute Gasteiger partial charge is 0.125 e. The zero-order valence-corrected chi connectivity index (χ0v) is 13.1. The van der Waals surface area contributed by atoms with Gasteiger partial charge in [0, 0.05) is 18.4 Å². The van der Waals surface area contributed by atoms with Crippen molar-refractivity contribution in [3.05, 3.63) is 58.1 Å². The zero-order valence-electron chi connectivity index (χ0n) is 10.8. The van der Waals surface area contributed by atoms with Gasteiger partial charge in [-0.25, -0.2) is 9.37 Å². The van der Waals surface area contributed by atoms with Crippen molar-refractivity contribution >= 4 is 45.8 Å². The number of benzene rings is 2. The maximum atomic E-state index is 13.4. The summed E-state index contributed by atoms with van der Waals surface area (Å²) in [4.78, 5) is 4.45. The molecule has 3 aromatic rings. The second-order valence-corrected chi connectivity index (χ2v) is 5.67. The Morgan fingerprint density at radius 2 is 1.95 bits per heavy atom. The molecule has 0 saturated carbocycles. The molecule has 0 radical (unpaired) electrons. The predicted molar refractivity (Wildman–Crippen MR) is 85.5 cm³/mol. The second kappa shape index (κ2) is 5.84. The van der Waals surface area contributed by atoms with Gasteiger partial charge in [0.2, 0.25) is 0 Å². The molecular weight excluding hydrogens is 334 g/mol. The van der Waals surface area contributed by atoms with Crippen LogP contribution < -0.4 is 0 Å². The third-order valence-electron chi connectivity index (χ3n) is 3.18. The van der Waals surface area contributed by atoms with Crippen molar-refractivity contribution in [2.45, 2.75) is 6.42 Å². The highest BCUT2D eigenvalue weighted by Gasteiger charge is 2.16. The molecule has 0 spiro atoms. The summed E-state index contributed by atoms with van der Waals surface area (Å²) in [7, 11) is 0. The van der Waals surface area contributed by atoms with Gasteiger partial charge >= 0.3 is 0 Å². The van der Waals surface area contributed by atoms with Crippen LogP contribution in [0.5, 0.6) is 0 Å². The van der Waals surface area contributed by atoms with Gasteiger partial charge in [-0.05, 0) is 24.3 Å². The van der Waals surface area contributed by atoms with Crippen LogP contribution in [0.25, 0.3) is 16.7 Å². The maximum Gasteiger partial charge on any atom is 0.125 e. The lowest BCUT2D eigenvalue weighted by Crippen LogP contribution is -2.03. The minimum atomic E-state index is -0.332. The fourth-order valence-corrected chi connectivity index (χ4v) is 2.84. The molecule has 108 valence electrons. The summed E-state index contributed by atoms with van der Waals surface area (Å²) < 4.78 is 15.3. The minimum Gasteiger partial charge on any atom is -0.295 e. The summed E-state index contributed by atoms with van der Waals surface area (Å²) in [6.45, 7) is 0. The van der Waals surface area contributed by atoms with E-state index in [1.165, 1.54) is 12.1 Å². The number of aryl methyl sites for hydroxylation is 1. The topological polar surface area (TPSA) is 17.8 Å². The van der Waals surface area contributed by atoms with Crippen LogP contribution in [0, 0.1) is 5.82 Å². The third kappa shape index (κ3) is 2.61. The Morgan fingerprint density at radius 3 is 2.71 bits per heavy atom. The highest BCUT2D eigenvalue weighted by atomic mass is 35.5. The van der Waals surface area contributed by atoms with Gasteiger partial charge in [0.15, 0.2) is 0 Å². The average Bonchev–Trinajstić information content (AvgIpc) is 2.79. The number of aromatic nitrogens is 2. The lowest BCUT2D eigenvalue weighted by molar-refractivity contribution is 0.629. The molecule has 1 aromatic heterocycles. The molecule has 0 atom stereocenters. The van der Waals surface area contributed by atoms with E-state index in [0.29, 0.717) is 33.6 Å². The van der Waals surface area contributed by atoms with Crippen molar-refractivity contribution in [2.24, 2.45) is 0 Å². The van der Waals surface area contributed by atoms with Gasteiger partial charge in [-0.3, -0.25) is 4.57 Å². The average molecular weight is 344 g/mol. The molecule has 0 saturated heterocycles. The van der Waals surface area contributed by atoms with Crippen LogP contribution in [0.3, 0.4) is 0 Å². The Labute approximate surface area is 136 Å². The Kier molecular flexibility index (Phi) is 4.07. The largest absolute Gasteiger partial charge is 0.295 e. The van der Waals surface area contributed by atoms with Crippen LogP contribution in [0.1, 0.15) is 5.82 Å². The number of hydrogen-bond donors (Lipinski definition) is 0. The van der Waals surface area contributed by atoms with Gasteiger partial charge in [-0.15, -0.1) is 11.6 Å². The Hall–Kier alpha value is -1.29. The fourth-order valence-electron chi connectivity index (χ4n) is 2.29. The number of halogens is 4. The number of fused-ring (bicyclic) bond motifs is 1. The van der Waals surface area contributed by atoms with Crippen molar-refractivity contribution in [3.8, 4) is 5.69 Å². The maximum absolute atomic E-state index is 13.4. The monoisotopic (exact) mass is 342 g/mol. The van der Waals surface area contributed by atoms with E-state index >= 15 is 0 Å². The van der Waals surface area contributed by atoms with E-state index < -0.39 is 0 Å². The quantitative estimate of drug-likeness (QED) is 0.594. The normalized spacial score (nSPS) is 11.2. The minimum absolute atomic E-state index is 0.332. The molecule has 0 bridgehead atoms. The zero-order chi connectivity index (χ0) is 15.0. The summed E-state index contributed by atoms with van der Waals surface area (Å²) in [6.07, 6.45) is 0.542. The van der Waals surface area contributed by atoms with Crippen LogP contribution >= 0.6 is 34.8 Å². The van der Waals surface area contributed by atoms with E-state index in [9.17, 15) is 4.39 Å². The number of alkyl halides is 1. The standard InChI is InChI=1S/C15H10Cl3FN2/c16-7-6-14-20-11-8-9(19)4-5-12(11)21(14)13-3-1-2-10(17)15(13)18/h1-5,8H,6-7H2. The molecule has 2 aromatic carbocycles. The number of rotatable bonds is 3. The first-order chi connectivity index (χ1) is 10.1. The molecule has 2 nitrogen and oxygen atoms in total. The summed E-state index contributed by atoms with van der Waals surface area (Å²) in [5.74, 6) is 0.792. The Morgan fingerprint density at radius 1 is 1.14 bits per heavy atom. The molecule has 21 heavy (non-hydrogen) atoms. The van der Waals surface area contributed by atoms with Crippen LogP contribution in [0.4, 0.5) is 4.39 Å². The molecule has 0 aliphatic carbocycles. The van der Waals surface area contributed by atoms with E-state index in [2.05, 4.69) is 4.98 Å². The van der Waals surface area contributed by atoms with E-state index in [-0.39, 0.29) is 5.82 Å². The highest BCUT2D eigenvalue weighted by molar-refractivity contribution is 6.43. The van der Waals surface area contributed by atoms with Crippen LogP contribution in [-0.4, -0.2) is 15.4 Å². The van der Waals surface area contributed by atoms with Crippen molar-refractivity contribution in [1.82, 2.24) is 9.55 Å². The first-order valence-electron chi connectivity index (χ1n) is 6.29. The second-order valence-electron chi connectivity index (χ2n) is 4.51. The van der Waals surface area contributed by atoms with Crippen molar-refractivity contribution in [3.63, 3.8) is 0 Å². The molecule has 0 unspecified atom stereocenters. The molecule has 0 amide bonds. The van der Waals surface area contributed by atoms with E-state index in [1.54, 1.807) is 12.1 Å². The molecule has 6 heteroatoms. The van der Waals surface area contributed by atoms with Gasteiger partial charge in [-0.2, -0.15) is 0 Å². The first-order valence-corrected chi connectivity index (χ1v) is 7.58. The lowest BCUT2D eigenvalue weighted by atomic mass is 10.2. The summed E-state index contributed by atoms with van der Waals surface area (Å²) in [5, 5.41) is 0.883. The SMILES string of the molecule is Fc1ccc2c(c1)nc(CCCl)n2-c1cccc(Cl)c1Cl. The first kappa shape index (κ1) is 14.6. The molecule has 0 aliphatic heterocycles. The predicted octanol–water partition coefficient (Wildman–Crippen LogP) is 5.25. The molecule has 0 fully saturated rings. The fraction of sp³-hybridized carbons (Fsp3) is 0.133. The Bertz CT molecular complexity index is 814. The van der Waals surface area contributed by atoms with Gasteiger partial charge in [0.05, 0.1) is 26.8 Å². The van der Waals surface area contributed by atoms with Gasteiger partial charge in [-0.1, -0.05) is 29.3 Å². The lowest BCUT2D eigenvalue weighted by Gasteiger charge is -2.11. The van der Waals surface area contributed by atoms with E-state index in [0.717, 1.165) is 11.3 Å². The van der Waals surface area contributed by atoms with Crippen molar-refractivity contribution in [1.29, 1.82) is 0 Å². The summed E-state index contributed by atoms with van der Waals surface area (Å²) in [5.41, 5.74) is 2.03.